The lowest BCUT2D eigenvalue weighted by atomic mass is 9.72. The van der Waals surface area contributed by atoms with Gasteiger partial charge in [-0.2, -0.15) is 0 Å². The number of rotatable bonds is 1. The third-order valence-electron chi connectivity index (χ3n) is 4.10. The zero-order valence-corrected chi connectivity index (χ0v) is 11.6. The average Bonchev–Trinajstić information content (AvgIpc) is 2.91. The van der Waals surface area contributed by atoms with E-state index in [2.05, 4.69) is 0 Å². The van der Waals surface area contributed by atoms with E-state index in [1.54, 1.807) is 0 Å². The Hall–Kier alpha value is -0.510. The third kappa shape index (κ3) is 1.06. The molecule has 96 valence electrons. The predicted molar refractivity (Wildman–Crippen MR) is 67.8 cm³/mol. The van der Waals surface area contributed by atoms with Crippen molar-refractivity contribution in [2.45, 2.75) is 16.2 Å². The molecule has 0 radical (unpaired) electrons. The number of halogens is 3. The first-order valence-corrected chi connectivity index (χ1v) is 6.62. The molecule has 1 fully saturated rings. The summed E-state index contributed by atoms with van der Waals surface area (Å²) in [5.74, 6) is -1.72. The quantitative estimate of drug-likeness (QED) is 0.552. The first-order chi connectivity index (χ1) is 8.39. The van der Waals surface area contributed by atoms with Crippen LogP contribution in [-0.4, -0.2) is 28.4 Å². The zero-order chi connectivity index (χ0) is 13.3. The van der Waals surface area contributed by atoms with Crippen LogP contribution in [0.2, 0.25) is 0 Å². The number of alkyl halides is 2. The number of ketones is 2. The largest absolute Gasteiger partial charge is 0.491 e. The highest BCUT2D eigenvalue weighted by Gasteiger charge is 2.74. The van der Waals surface area contributed by atoms with Crippen molar-refractivity contribution < 1.29 is 14.3 Å². The maximum absolute atomic E-state index is 12.4. The number of ether oxygens (including phenoxy) is 1. The van der Waals surface area contributed by atoms with Crippen LogP contribution in [0.25, 0.3) is 0 Å². The Labute approximate surface area is 119 Å². The molecule has 3 rings (SSSR count). The molecule has 0 heterocycles. The Kier molecular flexibility index (Phi) is 2.45. The molecule has 2 bridgehead atoms. The molecule has 3 nitrogen and oxygen atoms in total. The van der Waals surface area contributed by atoms with Crippen molar-refractivity contribution in [3.05, 3.63) is 22.9 Å². The van der Waals surface area contributed by atoms with Crippen LogP contribution in [0.15, 0.2) is 22.9 Å². The van der Waals surface area contributed by atoms with Crippen LogP contribution >= 0.6 is 34.8 Å². The van der Waals surface area contributed by atoms with Crippen LogP contribution in [0.4, 0.5) is 0 Å². The second-order valence-corrected chi connectivity index (χ2v) is 6.33. The Morgan fingerprint density at radius 1 is 1.17 bits per heavy atom. The van der Waals surface area contributed by atoms with Crippen LogP contribution in [0.3, 0.4) is 0 Å². The van der Waals surface area contributed by atoms with E-state index < -0.39 is 21.3 Å². The highest BCUT2D eigenvalue weighted by molar-refractivity contribution is 6.60. The molecular formula is C12H9Cl3O3. The molecule has 3 aliphatic carbocycles. The van der Waals surface area contributed by atoms with Gasteiger partial charge in [0.25, 0.3) is 0 Å². The lowest BCUT2D eigenvalue weighted by molar-refractivity contribution is -0.130. The number of methoxy groups -OCH3 is 1. The first kappa shape index (κ1) is 12.5. The van der Waals surface area contributed by atoms with Crippen LogP contribution in [0.5, 0.6) is 0 Å². The average molecular weight is 308 g/mol. The Bertz CT molecular complexity index is 539. The lowest BCUT2D eigenvalue weighted by Crippen LogP contribution is -2.62. The Morgan fingerprint density at radius 2 is 1.67 bits per heavy atom. The van der Waals surface area contributed by atoms with Gasteiger partial charge in [0, 0.05) is 11.8 Å². The number of allylic oxidation sites excluding steroid dienone is 4. The summed E-state index contributed by atoms with van der Waals surface area (Å²) in [7, 11) is 1.29. The molecule has 0 aromatic heterocycles. The molecule has 0 N–H and O–H groups in total. The molecule has 1 saturated carbocycles. The molecule has 0 spiro atoms. The van der Waals surface area contributed by atoms with Crippen LogP contribution in [0, 0.1) is 11.8 Å². The minimum Gasteiger partial charge on any atom is -0.491 e. The molecule has 0 saturated heterocycles. The SMILES string of the molecule is COC1=C(Cl)C(=O)[C@@]2(Cl)[C@H]3C=C[C@H](C3)[C@@]2(Cl)C1=O. The van der Waals surface area contributed by atoms with Gasteiger partial charge in [-0.15, -0.1) is 23.2 Å². The minimum atomic E-state index is -1.48. The smallest absolute Gasteiger partial charge is 0.222 e. The fourth-order valence-corrected chi connectivity index (χ4v) is 4.52. The standard InChI is InChI=1S/C12H9Cl3O3/c1-18-8-7(13)9(16)11(14)5-2-3-6(4-5)12(11,15)10(8)17/h2-3,5-6H,4H2,1H3/t5-,6+,11-,12+/m0/s1. The number of carbonyl (C=O) groups excluding carboxylic acids is 2. The van der Waals surface area contributed by atoms with Crippen molar-refractivity contribution >= 4 is 46.4 Å². The summed E-state index contributed by atoms with van der Waals surface area (Å²) in [4.78, 5) is 21.8. The summed E-state index contributed by atoms with van der Waals surface area (Å²) in [6.07, 6.45) is 4.27. The van der Waals surface area contributed by atoms with Crippen molar-refractivity contribution in [3.8, 4) is 0 Å². The third-order valence-corrected chi connectivity index (χ3v) is 6.04. The van der Waals surface area contributed by atoms with E-state index in [1.807, 2.05) is 12.2 Å². The van der Waals surface area contributed by atoms with Crippen molar-refractivity contribution in [2.75, 3.05) is 7.11 Å². The summed E-state index contributed by atoms with van der Waals surface area (Å²) in [6, 6.07) is 0. The molecule has 0 amide bonds. The van der Waals surface area contributed by atoms with Crippen LogP contribution in [-0.2, 0) is 14.3 Å². The summed E-state index contributed by atoms with van der Waals surface area (Å²) in [5, 5.41) is -0.255. The predicted octanol–water partition coefficient (Wildman–Crippen LogP) is 2.40. The molecule has 3 aliphatic rings. The van der Waals surface area contributed by atoms with E-state index in [-0.39, 0.29) is 22.6 Å². The molecule has 4 atom stereocenters. The van der Waals surface area contributed by atoms with Crippen molar-refractivity contribution in [1.29, 1.82) is 0 Å². The number of carbonyl (C=O) groups is 2. The normalized spacial score (nSPS) is 45.8. The number of Topliss-reactive ketones (excluding diaryl/α,β-unsaturated/α-hetero) is 2. The van der Waals surface area contributed by atoms with Crippen molar-refractivity contribution in [1.82, 2.24) is 0 Å². The summed E-state index contributed by atoms with van der Waals surface area (Å²) in [6.45, 7) is 0. The molecule has 0 aromatic rings. The summed E-state index contributed by atoms with van der Waals surface area (Å²) < 4.78 is 4.92. The number of hydrogen-bond donors (Lipinski definition) is 0. The summed E-state index contributed by atoms with van der Waals surface area (Å²) >= 11 is 18.8. The van der Waals surface area contributed by atoms with Crippen molar-refractivity contribution in [2.24, 2.45) is 11.8 Å². The number of hydrogen-bond acceptors (Lipinski definition) is 3. The lowest BCUT2D eigenvalue weighted by Gasteiger charge is -2.43. The van der Waals surface area contributed by atoms with Gasteiger partial charge in [-0.25, -0.2) is 0 Å². The van der Waals surface area contributed by atoms with Gasteiger partial charge in [0.2, 0.25) is 11.6 Å². The van der Waals surface area contributed by atoms with Gasteiger partial charge in [-0.3, -0.25) is 9.59 Å². The fraction of sp³-hybridized carbons (Fsp3) is 0.500. The van der Waals surface area contributed by atoms with Gasteiger partial charge < -0.3 is 4.74 Å². The monoisotopic (exact) mass is 306 g/mol. The zero-order valence-electron chi connectivity index (χ0n) is 9.38. The highest BCUT2D eigenvalue weighted by atomic mass is 35.5. The molecule has 0 aliphatic heterocycles. The van der Waals surface area contributed by atoms with Crippen LogP contribution < -0.4 is 0 Å². The van der Waals surface area contributed by atoms with Gasteiger partial charge in [0.15, 0.2) is 5.76 Å². The Balaban J connectivity index is 2.28. The van der Waals surface area contributed by atoms with E-state index in [4.69, 9.17) is 39.5 Å². The molecule has 18 heavy (non-hydrogen) atoms. The molecule has 6 heteroatoms. The fourth-order valence-electron chi connectivity index (χ4n) is 3.21. The van der Waals surface area contributed by atoms with Gasteiger partial charge in [0.1, 0.15) is 14.8 Å². The van der Waals surface area contributed by atoms with Gasteiger partial charge in [0.05, 0.1) is 7.11 Å². The van der Waals surface area contributed by atoms with Gasteiger partial charge in [-0.1, -0.05) is 23.8 Å². The second-order valence-electron chi connectivity index (χ2n) is 4.76. The summed E-state index contributed by atoms with van der Waals surface area (Å²) in [5.41, 5.74) is 0. The number of fused-ring (bicyclic) bond motifs is 5. The first-order valence-electron chi connectivity index (χ1n) is 5.48. The van der Waals surface area contributed by atoms with E-state index in [0.29, 0.717) is 6.42 Å². The van der Waals surface area contributed by atoms with Crippen molar-refractivity contribution in [3.63, 3.8) is 0 Å². The van der Waals surface area contributed by atoms with E-state index in [9.17, 15) is 9.59 Å². The van der Waals surface area contributed by atoms with Crippen LogP contribution in [0.1, 0.15) is 6.42 Å². The molecule has 0 aromatic carbocycles. The Morgan fingerprint density at radius 3 is 2.17 bits per heavy atom. The maximum atomic E-state index is 12.4. The van der Waals surface area contributed by atoms with Gasteiger partial charge in [-0.05, 0) is 6.42 Å². The highest BCUT2D eigenvalue weighted by Crippen LogP contribution is 2.63. The van der Waals surface area contributed by atoms with E-state index in [1.165, 1.54) is 7.11 Å². The minimum absolute atomic E-state index is 0.186. The van der Waals surface area contributed by atoms with E-state index in [0.717, 1.165) is 0 Å². The maximum Gasteiger partial charge on any atom is 0.222 e. The van der Waals surface area contributed by atoms with E-state index >= 15 is 0 Å². The second kappa shape index (κ2) is 3.53. The topological polar surface area (TPSA) is 43.4 Å². The molecule has 0 unspecified atom stereocenters. The van der Waals surface area contributed by atoms with Gasteiger partial charge >= 0.3 is 0 Å². The molecular weight excluding hydrogens is 298 g/mol.